The fourth-order valence-corrected chi connectivity index (χ4v) is 3.19. The first-order chi connectivity index (χ1) is 13.5. The fraction of sp³-hybridized carbons (Fsp3) is 0.143. The lowest BCUT2D eigenvalue weighted by molar-refractivity contribution is 0.0784. The minimum Gasteiger partial charge on any atom is -0.360 e. The third-order valence-corrected chi connectivity index (χ3v) is 4.59. The number of carbonyl (C=O) groups excluding carboxylic acids is 3. The summed E-state index contributed by atoms with van der Waals surface area (Å²) in [6.07, 6.45) is 0. The third kappa shape index (κ3) is 2.96. The van der Waals surface area contributed by atoms with Crippen molar-refractivity contribution < 1.29 is 18.9 Å². The Labute approximate surface area is 161 Å². The third-order valence-electron chi connectivity index (χ3n) is 4.59. The highest BCUT2D eigenvalue weighted by Crippen LogP contribution is 2.29. The summed E-state index contributed by atoms with van der Waals surface area (Å²) in [5.41, 5.74) is 1.77. The van der Waals surface area contributed by atoms with Crippen molar-refractivity contribution in [1.29, 1.82) is 0 Å². The number of rotatable bonds is 4. The highest BCUT2D eigenvalue weighted by atomic mass is 16.5. The van der Waals surface area contributed by atoms with Crippen molar-refractivity contribution >= 4 is 23.5 Å². The zero-order chi connectivity index (χ0) is 19.8. The number of fused-ring (bicyclic) bond motifs is 1. The largest absolute Gasteiger partial charge is 0.360 e. The van der Waals surface area contributed by atoms with Crippen LogP contribution < -0.4 is 4.90 Å². The van der Waals surface area contributed by atoms with Crippen molar-refractivity contribution in [2.45, 2.75) is 13.5 Å². The Morgan fingerprint density at radius 3 is 2.43 bits per heavy atom. The molecular formula is C21H17N3O4. The Morgan fingerprint density at radius 2 is 1.75 bits per heavy atom. The molecule has 0 spiro atoms. The van der Waals surface area contributed by atoms with Crippen molar-refractivity contribution in [3.63, 3.8) is 0 Å². The molecule has 2 aromatic carbocycles. The number of carbonyl (C=O) groups is 3. The van der Waals surface area contributed by atoms with Crippen LogP contribution in [0, 0.1) is 6.92 Å². The Balaban J connectivity index is 1.60. The first kappa shape index (κ1) is 17.7. The number of benzene rings is 2. The van der Waals surface area contributed by atoms with E-state index >= 15 is 0 Å². The number of aromatic nitrogens is 1. The summed E-state index contributed by atoms with van der Waals surface area (Å²) in [4.78, 5) is 40.7. The number of nitrogens with zero attached hydrogens (tertiary/aromatic N) is 3. The second-order valence-electron chi connectivity index (χ2n) is 6.65. The van der Waals surface area contributed by atoms with Gasteiger partial charge in [-0.1, -0.05) is 35.5 Å². The molecule has 0 saturated carbocycles. The maximum absolute atomic E-state index is 12.8. The molecule has 0 fully saturated rings. The molecule has 0 bridgehead atoms. The van der Waals surface area contributed by atoms with Gasteiger partial charge in [0.2, 0.25) is 0 Å². The van der Waals surface area contributed by atoms with Crippen LogP contribution in [0.25, 0.3) is 0 Å². The van der Waals surface area contributed by atoms with Crippen LogP contribution in [-0.4, -0.2) is 34.8 Å². The summed E-state index contributed by atoms with van der Waals surface area (Å²) in [6.45, 7) is 2.11. The average Bonchev–Trinajstić information content (AvgIpc) is 3.22. The van der Waals surface area contributed by atoms with E-state index in [1.165, 1.54) is 18.2 Å². The summed E-state index contributed by atoms with van der Waals surface area (Å²) < 4.78 is 4.97. The van der Waals surface area contributed by atoms with Crippen LogP contribution in [0.2, 0.25) is 0 Å². The summed E-state index contributed by atoms with van der Waals surface area (Å²) >= 11 is 0. The molecule has 0 aliphatic carbocycles. The van der Waals surface area contributed by atoms with E-state index in [2.05, 4.69) is 5.16 Å². The molecule has 0 N–H and O–H groups in total. The van der Waals surface area contributed by atoms with Crippen LogP contribution in [0.1, 0.15) is 42.4 Å². The first-order valence-corrected chi connectivity index (χ1v) is 8.71. The van der Waals surface area contributed by atoms with E-state index < -0.39 is 11.8 Å². The zero-order valence-corrected chi connectivity index (χ0v) is 15.4. The lowest BCUT2D eigenvalue weighted by Crippen LogP contribution is -2.29. The van der Waals surface area contributed by atoms with E-state index in [9.17, 15) is 14.4 Å². The van der Waals surface area contributed by atoms with E-state index in [-0.39, 0.29) is 22.9 Å². The smallest absolute Gasteiger partial charge is 0.267 e. The summed E-state index contributed by atoms with van der Waals surface area (Å²) in [5.74, 6) is -0.607. The van der Waals surface area contributed by atoms with E-state index in [1.54, 1.807) is 24.9 Å². The van der Waals surface area contributed by atoms with Crippen molar-refractivity contribution in [2.75, 3.05) is 11.9 Å². The summed E-state index contributed by atoms with van der Waals surface area (Å²) in [5, 5.41) is 3.75. The van der Waals surface area contributed by atoms with E-state index in [0.717, 1.165) is 10.5 Å². The molecule has 0 saturated heterocycles. The van der Waals surface area contributed by atoms with Crippen molar-refractivity contribution in [3.8, 4) is 0 Å². The predicted molar refractivity (Wildman–Crippen MR) is 101 cm³/mol. The first-order valence-electron chi connectivity index (χ1n) is 8.71. The second-order valence-corrected chi connectivity index (χ2v) is 6.65. The molecular weight excluding hydrogens is 358 g/mol. The summed E-state index contributed by atoms with van der Waals surface area (Å²) in [7, 11) is 1.69. The molecule has 0 radical (unpaired) electrons. The Hall–Kier alpha value is -3.74. The average molecular weight is 375 g/mol. The van der Waals surface area contributed by atoms with Gasteiger partial charge >= 0.3 is 0 Å². The van der Waals surface area contributed by atoms with E-state index in [0.29, 0.717) is 17.9 Å². The molecule has 3 aromatic rings. The number of aryl methyl sites for hydroxylation is 1. The highest BCUT2D eigenvalue weighted by molar-refractivity contribution is 6.34. The molecule has 28 heavy (non-hydrogen) atoms. The Kier molecular flexibility index (Phi) is 4.27. The van der Waals surface area contributed by atoms with Crippen molar-refractivity contribution in [1.82, 2.24) is 10.1 Å². The molecule has 2 heterocycles. The molecule has 0 atom stereocenters. The molecule has 4 rings (SSSR count). The maximum atomic E-state index is 12.8. The van der Waals surface area contributed by atoms with Gasteiger partial charge in [-0.3, -0.25) is 14.4 Å². The number of hydrogen-bond donors (Lipinski definition) is 0. The van der Waals surface area contributed by atoms with Crippen LogP contribution in [0.4, 0.5) is 5.82 Å². The molecule has 0 unspecified atom stereocenters. The molecule has 140 valence electrons. The minimum absolute atomic E-state index is 0.137. The standard InChI is InChI=1S/C21H17N3O4/c1-13-10-18(22-28-13)24-20(26)16-9-8-15(11-17(16)21(24)27)19(25)23(2)12-14-6-4-3-5-7-14/h3-11H,12H2,1-2H3. The maximum Gasteiger partial charge on any atom is 0.267 e. The molecule has 1 aliphatic heterocycles. The van der Waals surface area contributed by atoms with Gasteiger partial charge in [-0.05, 0) is 30.7 Å². The van der Waals surface area contributed by atoms with Gasteiger partial charge in [0.15, 0.2) is 5.82 Å². The van der Waals surface area contributed by atoms with Gasteiger partial charge in [-0.2, -0.15) is 0 Å². The monoisotopic (exact) mass is 375 g/mol. The number of amides is 3. The molecule has 1 aliphatic rings. The van der Waals surface area contributed by atoms with Crippen LogP contribution >= 0.6 is 0 Å². The topological polar surface area (TPSA) is 83.7 Å². The van der Waals surface area contributed by atoms with Gasteiger partial charge in [-0.15, -0.1) is 0 Å². The molecule has 1 aromatic heterocycles. The normalized spacial score (nSPS) is 13.0. The quantitative estimate of drug-likeness (QED) is 0.655. The van der Waals surface area contributed by atoms with Gasteiger partial charge in [-0.25, -0.2) is 4.90 Å². The second kappa shape index (κ2) is 6.77. The van der Waals surface area contributed by atoms with Crippen LogP contribution in [-0.2, 0) is 6.54 Å². The van der Waals surface area contributed by atoms with Crippen molar-refractivity contribution in [3.05, 3.63) is 82.6 Å². The van der Waals surface area contributed by atoms with Gasteiger partial charge in [0.05, 0.1) is 11.1 Å². The van der Waals surface area contributed by atoms with Crippen molar-refractivity contribution in [2.24, 2.45) is 0 Å². The zero-order valence-electron chi connectivity index (χ0n) is 15.4. The lowest BCUT2D eigenvalue weighted by Gasteiger charge is -2.17. The van der Waals surface area contributed by atoms with Crippen LogP contribution in [0.15, 0.2) is 59.1 Å². The summed E-state index contributed by atoms with van der Waals surface area (Å²) in [6, 6.07) is 15.7. The number of hydrogen-bond acceptors (Lipinski definition) is 5. The molecule has 7 nitrogen and oxygen atoms in total. The van der Waals surface area contributed by atoms with Gasteiger partial charge < -0.3 is 9.42 Å². The highest BCUT2D eigenvalue weighted by Gasteiger charge is 2.38. The van der Waals surface area contributed by atoms with E-state index in [4.69, 9.17) is 4.52 Å². The predicted octanol–water partition coefficient (Wildman–Crippen LogP) is 3.06. The Morgan fingerprint density at radius 1 is 1.04 bits per heavy atom. The number of imide groups is 1. The minimum atomic E-state index is -0.520. The van der Waals surface area contributed by atoms with Gasteiger partial charge in [0.25, 0.3) is 17.7 Å². The van der Waals surface area contributed by atoms with Gasteiger partial charge in [0.1, 0.15) is 5.76 Å². The Bertz CT molecular complexity index is 1090. The van der Waals surface area contributed by atoms with E-state index in [1.807, 2.05) is 30.3 Å². The fourth-order valence-electron chi connectivity index (χ4n) is 3.19. The van der Waals surface area contributed by atoms with Crippen LogP contribution in [0.3, 0.4) is 0 Å². The molecule has 3 amide bonds. The number of anilines is 1. The SMILES string of the molecule is Cc1cc(N2C(=O)c3ccc(C(=O)N(C)Cc4ccccc4)cc3C2=O)no1. The molecule has 7 heteroatoms. The van der Waals surface area contributed by atoms with Gasteiger partial charge in [0, 0.05) is 25.2 Å². The lowest BCUT2D eigenvalue weighted by atomic mass is 10.0. The van der Waals surface area contributed by atoms with Crippen LogP contribution in [0.5, 0.6) is 0 Å².